The molecule has 0 aliphatic carbocycles. The second-order valence-corrected chi connectivity index (χ2v) is 8.14. The maximum Gasteiger partial charge on any atom is 0.276 e. The lowest BCUT2D eigenvalue weighted by Gasteiger charge is -2.17. The van der Waals surface area contributed by atoms with Crippen LogP contribution in [0.3, 0.4) is 0 Å². The molecule has 0 unspecified atom stereocenters. The van der Waals surface area contributed by atoms with Crippen molar-refractivity contribution < 1.29 is 22.7 Å². The molecule has 0 saturated carbocycles. The molecule has 2 amide bonds. The maximum atomic E-state index is 12.4. The average Bonchev–Trinajstić information content (AvgIpc) is 2.71. The van der Waals surface area contributed by atoms with Crippen LogP contribution >= 0.6 is 0 Å². The number of carbonyl (C=O) groups excluding carboxylic acids is 2. The molecule has 9 nitrogen and oxygen atoms in total. The number of aryl methyl sites for hydroxylation is 1. The lowest BCUT2D eigenvalue weighted by Crippen LogP contribution is -2.48. The van der Waals surface area contributed by atoms with Crippen LogP contribution in [0.2, 0.25) is 0 Å². The van der Waals surface area contributed by atoms with Crippen molar-refractivity contribution in [2.24, 2.45) is 0 Å². The van der Waals surface area contributed by atoms with Crippen molar-refractivity contribution in [2.75, 3.05) is 20.2 Å². The summed E-state index contributed by atoms with van der Waals surface area (Å²) in [5, 5.41) is 8.72. The lowest BCUT2D eigenvalue weighted by molar-refractivity contribution is -0.130. The fraction of sp³-hybridized carbons (Fsp3) is 0.211. The number of nitrogens with zero attached hydrogens (tertiary/aromatic N) is 2. The molecule has 0 aliphatic rings. The fourth-order valence-electron chi connectivity index (χ4n) is 2.17. The van der Waals surface area contributed by atoms with Crippen LogP contribution in [0.25, 0.3) is 0 Å². The number of hydrogen-bond acceptors (Lipinski definition) is 6. The molecule has 2 aromatic rings. The summed E-state index contributed by atoms with van der Waals surface area (Å²) in [6, 6.07) is 14.4. The molecule has 152 valence electrons. The Morgan fingerprint density at radius 2 is 1.62 bits per heavy atom. The van der Waals surface area contributed by atoms with E-state index < -0.39 is 28.4 Å². The summed E-state index contributed by atoms with van der Waals surface area (Å²) in [5.74, 6) is -0.962. The predicted octanol–water partition coefficient (Wildman–Crippen LogP) is 0.714. The monoisotopic (exact) mass is 416 g/mol. The second-order valence-electron chi connectivity index (χ2n) is 6.10. The standard InChI is InChI=1S/C19H20N4O5S/c1-14-3-9-17(10-4-14)29(26,27)23(2)12-18(24)21-22-19(25)13-28-16-7-5-15(11-20)6-8-16/h3-10H,12-13H2,1-2H3,(H,21,24)(H,22,25). The zero-order chi connectivity index (χ0) is 21.4. The lowest BCUT2D eigenvalue weighted by atomic mass is 10.2. The number of rotatable bonds is 7. The molecule has 29 heavy (non-hydrogen) atoms. The van der Waals surface area contributed by atoms with Crippen molar-refractivity contribution in [1.82, 2.24) is 15.2 Å². The van der Waals surface area contributed by atoms with Crippen LogP contribution in [-0.2, 0) is 19.6 Å². The van der Waals surface area contributed by atoms with E-state index in [0.717, 1.165) is 9.87 Å². The van der Waals surface area contributed by atoms with Crippen LogP contribution in [0.4, 0.5) is 0 Å². The van der Waals surface area contributed by atoms with E-state index in [2.05, 4.69) is 10.9 Å². The van der Waals surface area contributed by atoms with Crippen LogP contribution in [0.5, 0.6) is 5.75 Å². The Morgan fingerprint density at radius 1 is 1.03 bits per heavy atom. The SMILES string of the molecule is Cc1ccc(S(=O)(=O)N(C)CC(=O)NNC(=O)COc2ccc(C#N)cc2)cc1. The van der Waals surface area contributed by atoms with E-state index in [1.807, 2.05) is 13.0 Å². The summed E-state index contributed by atoms with van der Waals surface area (Å²) < 4.78 is 31.0. The largest absolute Gasteiger partial charge is 0.484 e. The van der Waals surface area contributed by atoms with Crippen molar-refractivity contribution in [3.8, 4) is 11.8 Å². The number of sulfonamides is 1. The van der Waals surface area contributed by atoms with Crippen LogP contribution in [0, 0.1) is 18.3 Å². The van der Waals surface area contributed by atoms with Gasteiger partial charge in [0.05, 0.1) is 23.1 Å². The topological polar surface area (TPSA) is 129 Å². The smallest absolute Gasteiger partial charge is 0.276 e. The van der Waals surface area contributed by atoms with Crippen molar-refractivity contribution in [2.45, 2.75) is 11.8 Å². The Labute approximate surface area is 168 Å². The molecule has 0 saturated heterocycles. The van der Waals surface area contributed by atoms with Gasteiger partial charge in [0.15, 0.2) is 6.61 Å². The van der Waals surface area contributed by atoms with Gasteiger partial charge in [0, 0.05) is 7.05 Å². The van der Waals surface area contributed by atoms with Crippen LogP contribution in [-0.4, -0.2) is 44.7 Å². The van der Waals surface area contributed by atoms with Gasteiger partial charge in [0.2, 0.25) is 10.0 Å². The molecular formula is C19H20N4O5S. The summed E-state index contributed by atoms with van der Waals surface area (Å²) in [6.45, 7) is 0.984. The highest BCUT2D eigenvalue weighted by molar-refractivity contribution is 7.89. The van der Waals surface area contributed by atoms with Crippen LogP contribution in [0.15, 0.2) is 53.4 Å². The van der Waals surface area contributed by atoms with E-state index in [1.54, 1.807) is 24.3 Å². The molecule has 2 rings (SSSR count). The molecule has 0 radical (unpaired) electrons. The number of likely N-dealkylation sites (N-methyl/N-ethyl adjacent to an activating group) is 1. The molecule has 10 heteroatoms. The van der Waals surface area contributed by atoms with Gasteiger partial charge in [-0.25, -0.2) is 8.42 Å². The van der Waals surface area contributed by atoms with Crippen molar-refractivity contribution >= 4 is 21.8 Å². The highest BCUT2D eigenvalue weighted by Crippen LogP contribution is 2.14. The molecule has 0 atom stereocenters. The number of ether oxygens (including phenoxy) is 1. The van der Waals surface area contributed by atoms with E-state index in [-0.39, 0.29) is 11.5 Å². The summed E-state index contributed by atoms with van der Waals surface area (Å²) in [5.41, 5.74) is 5.64. The molecule has 0 fully saturated rings. The number of benzene rings is 2. The van der Waals surface area contributed by atoms with E-state index >= 15 is 0 Å². The van der Waals surface area contributed by atoms with Crippen LogP contribution in [0.1, 0.15) is 11.1 Å². The van der Waals surface area contributed by atoms with Gasteiger partial charge in [-0.1, -0.05) is 17.7 Å². The van der Waals surface area contributed by atoms with Crippen molar-refractivity contribution in [3.05, 3.63) is 59.7 Å². The Hall–Kier alpha value is -3.42. The van der Waals surface area contributed by atoms with E-state index in [0.29, 0.717) is 11.3 Å². The minimum atomic E-state index is -3.83. The average molecular weight is 416 g/mol. The summed E-state index contributed by atoms with van der Waals surface area (Å²) in [4.78, 5) is 23.7. The highest BCUT2D eigenvalue weighted by Gasteiger charge is 2.23. The van der Waals surface area contributed by atoms with E-state index in [9.17, 15) is 18.0 Å². The molecule has 0 spiro atoms. The highest BCUT2D eigenvalue weighted by atomic mass is 32.2. The minimum Gasteiger partial charge on any atom is -0.484 e. The number of amides is 2. The normalized spacial score (nSPS) is 10.8. The molecule has 0 heterocycles. The fourth-order valence-corrected chi connectivity index (χ4v) is 3.29. The number of carbonyl (C=O) groups is 2. The van der Waals surface area contributed by atoms with Gasteiger partial charge in [0.1, 0.15) is 5.75 Å². The molecule has 2 N–H and O–H groups in total. The zero-order valence-corrected chi connectivity index (χ0v) is 16.7. The number of nitriles is 1. The number of nitrogens with one attached hydrogen (secondary N) is 2. The Kier molecular flexibility index (Phi) is 7.30. The third-order valence-corrected chi connectivity index (χ3v) is 5.61. The molecule has 0 aliphatic heterocycles. The van der Waals surface area contributed by atoms with E-state index in [4.69, 9.17) is 10.00 Å². The Balaban J connectivity index is 1.80. The molecule has 0 bridgehead atoms. The quantitative estimate of drug-likeness (QED) is 0.640. The van der Waals surface area contributed by atoms with Gasteiger partial charge in [-0.15, -0.1) is 0 Å². The molecule has 0 aromatic heterocycles. The van der Waals surface area contributed by atoms with Gasteiger partial charge in [0.25, 0.3) is 11.8 Å². The van der Waals surface area contributed by atoms with Gasteiger partial charge < -0.3 is 4.74 Å². The first kappa shape index (κ1) is 21.9. The first-order valence-corrected chi connectivity index (χ1v) is 9.90. The molecule has 2 aromatic carbocycles. The van der Waals surface area contributed by atoms with Gasteiger partial charge in [-0.2, -0.15) is 9.57 Å². The second kappa shape index (κ2) is 9.68. The van der Waals surface area contributed by atoms with Crippen LogP contribution < -0.4 is 15.6 Å². The number of hydrogen-bond donors (Lipinski definition) is 2. The minimum absolute atomic E-state index is 0.0678. The zero-order valence-electron chi connectivity index (χ0n) is 15.9. The summed E-state index contributed by atoms with van der Waals surface area (Å²) in [7, 11) is -2.56. The Bertz CT molecular complexity index is 1010. The summed E-state index contributed by atoms with van der Waals surface area (Å²) in [6.07, 6.45) is 0. The van der Waals surface area contributed by atoms with Crippen molar-refractivity contribution in [3.63, 3.8) is 0 Å². The maximum absolute atomic E-state index is 12.4. The first-order chi connectivity index (χ1) is 13.7. The third kappa shape index (κ3) is 6.31. The molecular weight excluding hydrogens is 396 g/mol. The predicted molar refractivity (Wildman–Crippen MR) is 104 cm³/mol. The van der Waals surface area contributed by atoms with Gasteiger partial charge >= 0.3 is 0 Å². The van der Waals surface area contributed by atoms with Crippen molar-refractivity contribution in [1.29, 1.82) is 5.26 Å². The van der Waals surface area contributed by atoms with Gasteiger partial charge in [-0.05, 0) is 43.3 Å². The summed E-state index contributed by atoms with van der Waals surface area (Å²) >= 11 is 0. The van der Waals surface area contributed by atoms with E-state index in [1.165, 1.54) is 31.3 Å². The Morgan fingerprint density at radius 3 is 2.21 bits per heavy atom. The first-order valence-electron chi connectivity index (χ1n) is 8.46. The number of hydrazine groups is 1. The third-order valence-electron chi connectivity index (χ3n) is 3.79. The van der Waals surface area contributed by atoms with Gasteiger partial charge in [-0.3, -0.25) is 20.4 Å².